The lowest BCUT2D eigenvalue weighted by atomic mass is 10.1. The second kappa shape index (κ2) is 4.63. The SMILES string of the molecule is Nc1ccc2c(c1)CN(Cc1cccc(F)c1F)C2. The number of nitrogens with zero attached hydrogens (tertiary/aromatic N) is 1. The molecule has 0 saturated heterocycles. The predicted octanol–water partition coefficient (Wildman–Crippen LogP) is 3.06. The monoisotopic (exact) mass is 260 g/mol. The van der Waals surface area contributed by atoms with E-state index in [1.165, 1.54) is 11.6 Å². The third kappa shape index (κ3) is 2.31. The third-order valence-electron chi connectivity index (χ3n) is 3.44. The summed E-state index contributed by atoms with van der Waals surface area (Å²) in [5, 5.41) is 0. The predicted molar refractivity (Wildman–Crippen MR) is 70.2 cm³/mol. The zero-order valence-corrected chi connectivity index (χ0v) is 10.4. The van der Waals surface area contributed by atoms with Crippen molar-refractivity contribution in [2.75, 3.05) is 5.73 Å². The number of rotatable bonds is 2. The minimum atomic E-state index is -0.793. The van der Waals surface area contributed by atoms with Gasteiger partial charge in [-0.1, -0.05) is 18.2 Å². The highest BCUT2D eigenvalue weighted by Gasteiger charge is 2.20. The summed E-state index contributed by atoms with van der Waals surface area (Å²) in [6, 6.07) is 10.1. The number of hydrogen-bond acceptors (Lipinski definition) is 2. The van der Waals surface area contributed by atoms with Crippen molar-refractivity contribution in [3.05, 3.63) is 64.7 Å². The van der Waals surface area contributed by atoms with Crippen LogP contribution in [0.4, 0.5) is 14.5 Å². The van der Waals surface area contributed by atoms with Crippen molar-refractivity contribution in [2.45, 2.75) is 19.6 Å². The lowest BCUT2D eigenvalue weighted by Crippen LogP contribution is -2.16. The molecule has 0 atom stereocenters. The minimum absolute atomic E-state index is 0.390. The van der Waals surface area contributed by atoms with Crippen LogP contribution in [0.3, 0.4) is 0 Å². The Morgan fingerprint density at radius 2 is 1.84 bits per heavy atom. The summed E-state index contributed by atoms with van der Waals surface area (Å²) >= 11 is 0. The maximum Gasteiger partial charge on any atom is 0.163 e. The van der Waals surface area contributed by atoms with Gasteiger partial charge in [0.1, 0.15) is 0 Å². The molecular weight excluding hydrogens is 246 g/mol. The molecule has 3 rings (SSSR count). The van der Waals surface area contributed by atoms with Gasteiger partial charge in [-0.2, -0.15) is 0 Å². The van der Waals surface area contributed by atoms with Gasteiger partial charge in [0, 0.05) is 30.9 Å². The second-order valence-corrected chi connectivity index (χ2v) is 4.89. The number of nitrogen functional groups attached to an aromatic ring is 1. The highest BCUT2D eigenvalue weighted by atomic mass is 19.2. The van der Waals surface area contributed by atoms with Crippen molar-refractivity contribution in [1.82, 2.24) is 4.90 Å². The Kier molecular flexibility index (Phi) is 2.95. The molecule has 2 nitrogen and oxygen atoms in total. The van der Waals surface area contributed by atoms with E-state index in [0.717, 1.165) is 30.4 Å². The van der Waals surface area contributed by atoms with Crippen LogP contribution in [0.2, 0.25) is 0 Å². The van der Waals surface area contributed by atoms with Gasteiger partial charge in [0.25, 0.3) is 0 Å². The van der Waals surface area contributed by atoms with E-state index in [9.17, 15) is 8.78 Å². The van der Waals surface area contributed by atoms with Crippen LogP contribution >= 0.6 is 0 Å². The van der Waals surface area contributed by atoms with Crippen LogP contribution in [0.15, 0.2) is 36.4 Å². The minimum Gasteiger partial charge on any atom is -0.399 e. The van der Waals surface area contributed by atoms with Crippen LogP contribution in [0, 0.1) is 11.6 Å². The molecule has 1 aliphatic heterocycles. The molecule has 1 heterocycles. The first-order valence-electron chi connectivity index (χ1n) is 6.16. The van der Waals surface area contributed by atoms with Crippen molar-refractivity contribution in [3.63, 3.8) is 0 Å². The molecule has 98 valence electrons. The molecule has 0 amide bonds. The van der Waals surface area contributed by atoms with Crippen LogP contribution in [-0.2, 0) is 19.6 Å². The standard InChI is InChI=1S/C15H14F2N2/c16-14-3-1-2-11(15(14)17)8-19-7-10-4-5-13(18)6-12(10)9-19/h1-6H,7-9,18H2. The van der Waals surface area contributed by atoms with E-state index in [2.05, 4.69) is 4.90 Å². The van der Waals surface area contributed by atoms with Gasteiger partial charge in [-0.15, -0.1) is 0 Å². The molecular formula is C15H14F2N2. The van der Waals surface area contributed by atoms with Crippen molar-refractivity contribution in [1.29, 1.82) is 0 Å². The molecule has 2 aromatic rings. The average Bonchev–Trinajstić information content (AvgIpc) is 2.76. The van der Waals surface area contributed by atoms with Gasteiger partial charge < -0.3 is 5.73 Å². The number of benzene rings is 2. The van der Waals surface area contributed by atoms with Gasteiger partial charge in [-0.05, 0) is 29.3 Å². The molecule has 0 unspecified atom stereocenters. The van der Waals surface area contributed by atoms with E-state index < -0.39 is 11.6 Å². The largest absolute Gasteiger partial charge is 0.399 e. The summed E-state index contributed by atoms with van der Waals surface area (Å²) in [6.07, 6.45) is 0. The quantitative estimate of drug-likeness (QED) is 0.841. The summed E-state index contributed by atoms with van der Waals surface area (Å²) in [6.45, 7) is 1.86. The number of anilines is 1. The maximum absolute atomic E-state index is 13.6. The summed E-state index contributed by atoms with van der Waals surface area (Å²) < 4.78 is 26.8. The van der Waals surface area contributed by atoms with E-state index >= 15 is 0 Å². The fraction of sp³-hybridized carbons (Fsp3) is 0.200. The first kappa shape index (κ1) is 12.1. The molecule has 0 fully saturated rings. The fourth-order valence-electron chi connectivity index (χ4n) is 2.51. The second-order valence-electron chi connectivity index (χ2n) is 4.89. The first-order valence-corrected chi connectivity index (χ1v) is 6.16. The molecule has 0 aliphatic carbocycles. The summed E-state index contributed by atoms with van der Waals surface area (Å²) in [4.78, 5) is 2.07. The lowest BCUT2D eigenvalue weighted by molar-refractivity contribution is 0.269. The van der Waals surface area contributed by atoms with E-state index in [-0.39, 0.29) is 0 Å². The van der Waals surface area contributed by atoms with Crippen LogP contribution in [0.25, 0.3) is 0 Å². The molecule has 19 heavy (non-hydrogen) atoms. The molecule has 0 saturated carbocycles. The Morgan fingerprint density at radius 1 is 1.05 bits per heavy atom. The van der Waals surface area contributed by atoms with Crippen LogP contribution < -0.4 is 5.73 Å². The van der Waals surface area contributed by atoms with E-state index in [1.54, 1.807) is 6.07 Å². The van der Waals surface area contributed by atoms with Crippen molar-refractivity contribution in [3.8, 4) is 0 Å². The summed E-state index contributed by atoms with van der Waals surface area (Å²) in [5.74, 6) is -1.54. The number of nitrogens with two attached hydrogens (primary N) is 1. The van der Waals surface area contributed by atoms with Crippen molar-refractivity contribution in [2.24, 2.45) is 0 Å². The van der Waals surface area contributed by atoms with Gasteiger partial charge in [0.05, 0.1) is 0 Å². The Labute approximate surface area is 110 Å². The van der Waals surface area contributed by atoms with E-state index in [1.807, 2.05) is 18.2 Å². The Morgan fingerprint density at radius 3 is 2.68 bits per heavy atom. The smallest absolute Gasteiger partial charge is 0.163 e. The fourth-order valence-corrected chi connectivity index (χ4v) is 2.51. The van der Waals surface area contributed by atoms with Crippen LogP contribution in [0.1, 0.15) is 16.7 Å². The molecule has 1 aliphatic rings. The Bertz CT molecular complexity index is 626. The Balaban J connectivity index is 1.79. The molecule has 4 heteroatoms. The van der Waals surface area contributed by atoms with Crippen molar-refractivity contribution < 1.29 is 8.78 Å². The maximum atomic E-state index is 13.6. The van der Waals surface area contributed by atoms with Gasteiger partial charge >= 0.3 is 0 Å². The van der Waals surface area contributed by atoms with Gasteiger partial charge in [-0.3, -0.25) is 4.90 Å². The molecule has 0 radical (unpaired) electrons. The average molecular weight is 260 g/mol. The zero-order valence-electron chi connectivity index (χ0n) is 10.4. The summed E-state index contributed by atoms with van der Waals surface area (Å²) in [7, 11) is 0. The Hall–Kier alpha value is -1.94. The number of hydrogen-bond donors (Lipinski definition) is 1. The highest BCUT2D eigenvalue weighted by Crippen LogP contribution is 2.26. The molecule has 2 aromatic carbocycles. The van der Waals surface area contributed by atoms with Gasteiger partial charge in [0.2, 0.25) is 0 Å². The summed E-state index contributed by atoms with van der Waals surface area (Å²) in [5.41, 5.74) is 9.23. The van der Waals surface area contributed by atoms with E-state index in [0.29, 0.717) is 12.1 Å². The molecule has 0 spiro atoms. The molecule has 0 bridgehead atoms. The van der Waals surface area contributed by atoms with Crippen LogP contribution in [0.5, 0.6) is 0 Å². The highest BCUT2D eigenvalue weighted by molar-refractivity contribution is 5.46. The lowest BCUT2D eigenvalue weighted by Gasteiger charge is -2.15. The molecule has 2 N–H and O–H groups in total. The first-order chi connectivity index (χ1) is 9.13. The number of fused-ring (bicyclic) bond motifs is 1. The van der Waals surface area contributed by atoms with Crippen LogP contribution in [-0.4, -0.2) is 4.90 Å². The normalized spacial score (nSPS) is 14.6. The third-order valence-corrected chi connectivity index (χ3v) is 3.44. The van der Waals surface area contributed by atoms with Crippen molar-refractivity contribution >= 4 is 5.69 Å². The van der Waals surface area contributed by atoms with E-state index in [4.69, 9.17) is 5.73 Å². The van der Waals surface area contributed by atoms with Gasteiger partial charge in [-0.25, -0.2) is 8.78 Å². The number of halogens is 2. The topological polar surface area (TPSA) is 29.3 Å². The zero-order chi connectivity index (χ0) is 13.4. The molecule has 0 aromatic heterocycles. The van der Waals surface area contributed by atoms with Gasteiger partial charge in [0.15, 0.2) is 11.6 Å².